The molecule has 0 unspecified atom stereocenters. The van der Waals surface area contributed by atoms with Crippen LogP contribution in [0.3, 0.4) is 0 Å². The molecule has 0 bridgehead atoms. The van der Waals surface area contributed by atoms with Crippen LogP contribution in [0, 0.1) is 0 Å². The number of benzene rings is 2. The fraction of sp³-hybridized carbons (Fsp3) is 0.222. The maximum Gasteiger partial charge on any atom is 0.0480 e. The van der Waals surface area contributed by atoms with E-state index in [1.54, 1.807) is 0 Å². The molecule has 0 saturated heterocycles. The molecule has 0 aliphatic rings. The molecule has 1 N–H and O–H groups in total. The second-order valence-electron chi connectivity index (χ2n) is 5.19. The van der Waals surface area contributed by atoms with E-state index in [0.29, 0.717) is 0 Å². The van der Waals surface area contributed by atoms with Crippen molar-refractivity contribution in [2.75, 3.05) is 6.54 Å². The molecule has 0 spiro atoms. The monoisotopic (exact) mass is 264 g/mol. The van der Waals surface area contributed by atoms with Crippen molar-refractivity contribution in [3.8, 4) is 0 Å². The van der Waals surface area contributed by atoms with Crippen molar-refractivity contribution < 1.29 is 0 Å². The van der Waals surface area contributed by atoms with Crippen LogP contribution in [0.2, 0.25) is 0 Å². The lowest BCUT2D eigenvalue weighted by Crippen LogP contribution is -2.16. The lowest BCUT2D eigenvalue weighted by molar-refractivity contribution is 0.687. The first-order valence-electron chi connectivity index (χ1n) is 7.12. The van der Waals surface area contributed by atoms with Crippen LogP contribution in [0.25, 0.3) is 10.9 Å². The van der Waals surface area contributed by atoms with Gasteiger partial charge in [0, 0.05) is 30.7 Å². The van der Waals surface area contributed by atoms with Gasteiger partial charge in [0.1, 0.15) is 0 Å². The van der Waals surface area contributed by atoms with Gasteiger partial charge in [-0.1, -0.05) is 48.5 Å². The van der Waals surface area contributed by atoms with Crippen LogP contribution in [0.1, 0.15) is 11.1 Å². The van der Waals surface area contributed by atoms with Gasteiger partial charge in [-0.2, -0.15) is 0 Å². The van der Waals surface area contributed by atoms with E-state index in [9.17, 15) is 0 Å². The minimum absolute atomic E-state index is 0.936. The minimum atomic E-state index is 0.936. The van der Waals surface area contributed by atoms with Gasteiger partial charge in [-0.15, -0.1) is 0 Å². The van der Waals surface area contributed by atoms with E-state index in [2.05, 4.69) is 77.7 Å². The number of fused-ring (bicyclic) bond motifs is 1. The minimum Gasteiger partial charge on any atom is -0.350 e. The third-order valence-electron chi connectivity index (χ3n) is 3.72. The Hall–Kier alpha value is -2.06. The Kier molecular flexibility index (Phi) is 3.84. The molecule has 1 heterocycles. The van der Waals surface area contributed by atoms with Crippen molar-refractivity contribution in [2.45, 2.75) is 13.0 Å². The molecule has 2 heteroatoms. The average Bonchev–Trinajstić information content (AvgIpc) is 2.82. The molecule has 2 nitrogen and oxygen atoms in total. The number of nitrogens with one attached hydrogen (secondary N) is 1. The largest absolute Gasteiger partial charge is 0.350 e. The van der Waals surface area contributed by atoms with Gasteiger partial charge in [0.2, 0.25) is 0 Å². The normalized spacial score (nSPS) is 11.1. The SMILES string of the molecule is Cn1cc(CCNCc2ccccc2)c2ccccc21. The number of rotatable bonds is 5. The number of nitrogens with zero attached hydrogens (tertiary/aromatic N) is 1. The first kappa shape index (κ1) is 12.9. The van der Waals surface area contributed by atoms with Crippen LogP contribution in [0.5, 0.6) is 0 Å². The average molecular weight is 264 g/mol. The van der Waals surface area contributed by atoms with E-state index < -0.39 is 0 Å². The van der Waals surface area contributed by atoms with E-state index in [4.69, 9.17) is 0 Å². The number of aryl methyl sites for hydroxylation is 1. The summed E-state index contributed by atoms with van der Waals surface area (Å²) >= 11 is 0. The quantitative estimate of drug-likeness (QED) is 0.698. The van der Waals surface area contributed by atoms with E-state index in [0.717, 1.165) is 19.5 Å². The highest BCUT2D eigenvalue weighted by Crippen LogP contribution is 2.20. The van der Waals surface area contributed by atoms with E-state index in [-0.39, 0.29) is 0 Å². The van der Waals surface area contributed by atoms with Gasteiger partial charge >= 0.3 is 0 Å². The predicted octanol–water partition coefficient (Wildman–Crippen LogP) is 3.51. The lowest BCUT2D eigenvalue weighted by Gasteiger charge is -2.04. The summed E-state index contributed by atoms with van der Waals surface area (Å²) in [6.45, 7) is 1.94. The van der Waals surface area contributed by atoms with Crippen molar-refractivity contribution in [1.29, 1.82) is 0 Å². The Morgan fingerprint density at radius 3 is 2.55 bits per heavy atom. The predicted molar refractivity (Wildman–Crippen MR) is 84.8 cm³/mol. The highest BCUT2D eigenvalue weighted by molar-refractivity contribution is 5.83. The van der Waals surface area contributed by atoms with Crippen molar-refractivity contribution >= 4 is 10.9 Å². The molecule has 20 heavy (non-hydrogen) atoms. The van der Waals surface area contributed by atoms with Crippen LogP contribution in [-0.4, -0.2) is 11.1 Å². The summed E-state index contributed by atoms with van der Waals surface area (Å²) in [7, 11) is 2.11. The zero-order valence-corrected chi connectivity index (χ0v) is 11.8. The maximum atomic E-state index is 3.51. The highest BCUT2D eigenvalue weighted by Gasteiger charge is 2.04. The molecule has 0 saturated carbocycles. The summed E-state index contributed by atoms with van der Waals surface area (Å²) in [6, 6.07) is 19.1. The number of hydrogen-bond acceptors (Lipinski definition) is 1. The second-order valence-corrected chi connectivity index (χ2v) is 5.19. The first-order valence-corrected chi connectivity index (χ1v) is 7.12. The van der Waals surface area contributed by atoms with Gasteiger partial charge in [0.15, 0.2) is 0 Å². The molecular formula is C18H20N2. The van der Waals surface area contributed by atoms with Gasteiger partial charge in [-0.05, 0) is 30.2 Å². The smallest absolute Gasteiger partial charge is 0.0480 e. The molecule has 3 aromatic rings. The molecule has 1 aromatic heterocycles. The Morgan fingerprint density at radius 1 is 0.950 bits per heavy atom. The molecule has 0 fully saturated rings. The molecule has 0 aliphatic heterocycles. The molecule has 0 amide bonds. The molecule has 0 aliphatic carbocycles. The lowest BCUT2D eigenvalue weighted by atomic mass is 10.1. The zero-order chi connectivity index (χ0) is 13.8. The number of para-hydroxylation sites is 1. The van der Waals surface area contributed by atoms with Crippen LogP contribution in [0.15, 0.2) is 60.8 Å². The Morgan fingerprint density at radius 2 is 1.70 bits per heavy atom. The van der Waals surface area contributed by atoms with E-state index in [1.807, 2.05) is 0 Å². The van der Waals surface area contributed by atoms with Crippen molar-refractivity contribution in [3.05, 3.63) is 71.9 Å². The fourth-order valence-electron chi connectivity index (χ4n) is 2.68. The topological polar surface area (TPSA) is 17.0 Å². The Bertz CT molecular complexity index is 683. The molecule has 102 valence electrons. The first-order chi connectivity index (χ1) is 9.84. The number of aromatic nitrogens is 1. The number of hydrogen-bond donors (Lipinski definition) is 1. The maximum absolute atomic E-state index is 3.51. The van der Waals surface area contributed by atoms with Crippen LogP contribution >= 0.6 is 0 Å². The summed E-state index contributed by atoms with van der Waals surface area (Å²) in [6.07, 6.45) is 3.31. The third-order valence-corrected chi connectivity index (χ3v) is 3.72. The highest BCUT2D eigenvalue weighted by atomic mass is 14.9. The molecule has 0 atom stereocenters. The van der Waals surface area contributed by atoms with Gasteiger partial charge in [-0.3, -0.25) is 0 Å². The van der Waals surface area contributed by atoms with E-state index >= 15 is 0 Å². The zero-order valence-electron chi connectivity index (χ0n) is 11.8. The molecule has 0 radical (unpaired) electrons. The molecule has 3 rings (SSSR count). The standard InChI is InChI=1S/C18H20N2/c1-20-14-16(17-9-5-6-10-18(17)20)11-12-19-13-15-7-3-2-4-8-15/h2-10,14,19H,11-13H2,1H3. The fourth-order valence-corrected chi connectivity index (χ4v) is 2.68. The van der Waals surface area contributed by atoms with Crippen molar-refractivity contribution in [2.24, 2.45) is 7.05 Å². The van der Waals surface area contributed by atoms with Crippen LogP contribution < -0.4 is 5.32 Å². The summed E-state index contributed by atoms with van der Waals surface area (Å²) in [5, 5.41) is 4.89. The third kappa shape index (κ3) is 2.75. The summed E-state index contributed by atoms with van der Waals surface area (Å²) in [5.74, 6) is 0. The summed E-state index contributed by atoms with van der Waals surface area (Å²) < 4.78 is 2.21. The Balaban J connectivity index is 1.60. The van der Waals surface area contributed by atoms with Gasteiger partial charge < -0.3 is 9.88 Å². The molecule has 2 aromatic carbocycles. The summed E-state index contributed by atoms with van der Waals surface area (Å²) in [5.41, 5.74) is 4.07. The second kappa shape index (κ2) is 5.93. The van der Waals surface area contributed by atoms with Crippen molar-refractivity contribution in [3.63, 3.8) is 0 Å². The summed E-state index contributed by atoms with van der Waals surface area (Å²) in [4.78, 5) is 0. The van der Waals surface area contributed by atoms with Gasteiger partial charge in [0.05, 0.1) is 0 Å². The van der Waals surface area contributed by atoms with Crippen LogP contribution in [0.4, 0.5) is 0 Å². The molecular weight excluding hydrogens is 244 g/mol. The van der Waals surface area contributed by atoms with Gasteiger partial charge in [0.25, 0.3) is 0 Å². The Labute approximate surface area is 120 Å². The van der Waals surface area contributed by atoms with Crippen LogP contribution in [-0.2, 0) is 20.0 Å². The van der Waals surface area contributed by atoms with E-state index in [1.165, 1.54) is 22.0 Å². The van der Waals surface area contributed by atoms with Gasteiger partial charge in [-0.25, -0.2) is 0 Å². The van der Waals surface area contributed by atoms with Crippen molar-refractivity contribution in [1.82, 2.24) is 9.88 Å².